The van der Waals surface area contributed by atoms with Crippen molar-refractivity contribution in [2.75, 3.05) is 19.8 Å². The number of carbonyl (C=O) groups is 3. The largest absolute Gasteiger partial charge is 0.465 e. The molecule has 0 unspecified atom stereocenters. The topological polar surface area (TPSA) is 78.9 Å². The van der Waals surface area contributed by atoms with Gasteiger partial charge in [0.25, 0.3) is 0 Å². The highest BCUT2D eigenvalue weighted by atomic mass is 16.6. The fourth-order valence-electron chi connectivity index (χ4n) is 1.55. The third-order valence-corrected chi connectivity index (χ3v) is 3.59. The lowest BCUT2D eigenvalue weighted by Gasteiger charge is -2.31. The molecule has 0 saturated carbocycles. The van der Waals surface area contributed by atoms with Gasteiger partial charge < -0.3 is 14.2 Å². The smallest absolute Gasteiger partial charge is 0.333 e. The number of esters is 3. The standard InChI is InChI=1S/C18H30O6/c1-8-18(9-22-15(19)12(2)3,10-23-16(20)13(4)5)11-24-17(21)14(6)7/h13-14H,2,8-11H2,1,3-7H3. The van der Waals surface area contributed by atoms with Crippen molar-refractivity contribution < 1.29 is 28.6 Å². The van der Waals surface area contributed by atoms with E-state index in [0.717, 1.165) is 0 Å². The highest BCUT2D eigenvalue weighted by molar-refractivity contribution is 5.86. The second kappa shape index (κ2) is 10.1. The molecule has 0 aromatic rings. The van der Waals surface area contributed by atoms with Crippen LogP contribution in [-0.4, -0.2) is 37.7 Å². The van der Waals surface area contributed by atoms with Gasteiger partial charge in [-0.1, -0.05) is 41.2 Å². The minimum atomic E-state index is -0.778. The Bertz CT molecular complexity index is 440. The molecule has 6 heteroatoms. The van der Waals surface area contributed by atoms with E-state index in [0.29, 0.717) is 6.42 Å². The summed E-state index contributed by atoms with van der Waals surface area (Å²) in [6.45, 7) is 13.9. The van der Waals surface area contributed by atoms with E-state index in [-0.39, 0.29) is 49.2 Å². The first-order valence-electron chi connectivity index (χ1n) is 8.20. The maximum Gasteiger partial charge on any atom is 0.333 e. The highest BCUT2D eigenvalue weighted by Crippen LogP contribution is 2.25. The van der Waals surface area contributed by atoms with Crippen LogP contribution in [0.3, 0.4) is 0 Å². The maximum absolute atomic E-state index is 11.7. The van der Waals surface area contributed by atoms with E-state index in [4.69, 9.17) is 14.2 Å². The molecule has 0 atom stereocenters. The molecule has 0 aliphatic rings. The third kappa shape index (κ3) is 7.62. The van der Waals surface area contributed by atoms with Gasteiger partial charge >= 0.3 is 17.9 Å². The molecule has 0 aliphatic carbocycles. The van der Waals surface area contributed by atoms with Gasteiger partial charge in [0.15, 0.2) is 0 Å². The van der Waals surface area contributed by atoms with Crippen LogP contribution in [0.2, 0.25) is 0 Å². The van der Waals surface area contributed by atoms with Gasteiger partial charge in [-0.05, 0) is 13.3 Å². The molecule has 0 aliphatic heterocycles. The predicted octanol–water partition coefficient (Wildman–Crippen LogP) is 2.90. The van der Waals surface area contributed by atoms with Crippen molar-refractivity contribution in [1.82, 2.24) is 0 Å². The molecule has 0 rings (SSSR count). The van der Waals surface area contributed by atoms with Crippen LogP contribution in [0.1, 0.15) is 48.0 Å². The van der Waals surface area contributed by atoms with E-state index in [1.165, 1.54) is 0 Å². The number of carbonyl (C=O) groups excluding carboxylic acids is 3. The highest BCUT2D eigenvalue weighted by Gasteiger charge is 2.34. The molecular weight excluding hydrogens is 312 g/mol. The number of hydrogen-bond donors (Lipinski definition) is 0. The Morgan fingerprint density at radius 1 is 0.875 bits per heavy atom. The molecule has 0 fully saturated rings. The van der Waals surface area contributed by atoms with Gasteiger partial charge in [-0.3, -0.25) is 9.59 Å². The molecule has 0 bridgehead atoms. The van der Waals surface area contributed by atoms with E-state index in [1.54, 1.807) is 34.6 Å². The Morgan fingerprint density at radius 2 is 1.25 bits per heavy atom. The van der Waals surface area contributed by atoms with Crippen LogP contribution in [0, 0.1) is 17.3 Å². The van der Waals surface area contributed by atoms with Gasteiger partial charge in [-0.25, -0.2) is 4.79 Å². The molecular formula is C18H30O6. The summed E-state index contributed by atoms with van der Waals surface area (Å²) in [6.07, 6.45) is 0.507. The van der Waals surface area contributed by atoms with Crippen LogP contribution < -0.4 is 0 Å². The summed E-state index contributed by atoms with van der Waals surface area (Å²) in [4.78, 5) is 35.2. The van der Waals surface area contributed by atoms with Crippen LogP contribution in [0.25, 0.3) is 0 Å². The molecule has 0 aromatic carbocycles. The van der Waals surface area contributed by atoms with E-state index in [1.807, 2.05) is 6.92 Å². The lowest BCUT2D eigenvalue weighted by Crippen LogP contribution is -2.40. The lowest BCUT2D eigenvalue weighted by atomic mass is 9.88. The van der Waals surface area contributed by atoms with Gasteiger partial charge in [0, 0.05) is 5.57 Å². The fraction of sp³-hybridized carbons (Fsp3) is 0.722. The van der Waals surface area contributed by atoms with E-state index < -0.39 is 11.4 Å². The van der Waals surface area contributed by atoms with Gasteiger partial charge in [0.2, 0.25) is 0 Å². The second-order valence-electron chi connectivity index (χ2n) is 6.73. The summed E-state index contributed by atoms with van der Waals surface area (Å²) in [5.74, 6) is -1.77. The van der Waals surface area contributed by atoms with Crippen LogP contribution >= 0.6 is 0 Å². The molecule has 6 nitrogen and oxygen atoms in total. The molecule has 0 heterocycles. The summed E-state index contributed by atoms with van der Waals surface area (Å²) in [7, 11) is 0. The Kier molecular flexibility index (Phi) is 9.33. The number of ether oxygens (including phenoxy) is 3. The fourth-order valence-corrected chi connectivity index (χ4v) is 1.55. The average Bonchev–Trinajstić information content (AvgIpc) is 2.53. The molecule has 0 radical (unpaired) electrons. The van der Waals surface area contributed by atoms with Crippen molar-refractivity contribution in [1.29, 1.82) is 0 Å². The average molecular weight is 342 g/mol. The van der Waals surface area contributed by atoms with Crippen LogP contribution in [0.4, 0.5) is 0 Å². The zero-order valence-electron chi connectivity index (χ0n) is 15.6. The van der Waals surface area contributed by atoms with Gasteiger partial charge in [0.1, 0.15) is 19.8 Å². The first-order chi connectivity index (χ1) is 11.0. The summed E-state index contributed by atoms with van der Waals surface area (Å²) in [5.41, 5.74) is -0.501. The number of hydrogen-bond acceptors (Lipinski definition) is 6. The zero-order valence-corrected chi connectivity index (χ0v) is 15.6. The van der Waals surface area contributed by atoms with Gasteiger partial charge in [-0.2, -0.15) is 0 Å². The van der Waals surface area contributed by atoms with E-state index in [9.17, 15) is 14.4 Å². The molecule has 0 N–H and O–H groups in total. The number of rotatable bonds is 10. The SMILES string of the molecule is C=C(C)C(=O)OCC(CC)(COC(=O)C(C)C)COC(=O)C(C)C. The Hall–Kier alpha value is -1.85. The van der Waals surface area contributed by atoms with Crippen LogP contribution in [0.15, 0.2) is 12.2 Å². The van der Waals surface area contributed by atoms with Gasteiger partial charge in [-0.15, -0.1) is 0 Å². The molecule has 138 valence electrons. The molecule has 0 saturated heterocycles. The van der Waals surface area contributed by atoms with Crippen molar-refractivity contribution in [3.05, 3.63) is 12.2 Å². The summed E-state index contributed by atoms with van der Waals surface area (Å²) >= 11 is 0. The molecule has 0 spiro atoms. The molecule has 0 amide bonds. The second-order valence-corrected chi connectivity index (χ2v) is 6.73. The maximum atomic E-state index is 11.7. The molecule has 24 heavy (non-hydrogen) atoms. The van der Waals surface area contributed by atoms with Crippen LogP contribution in [0.5, 0.6) is 0 Å². The first kappa shape index (κ1) is 22.1. The molecule has 0 aromatic heterocycles. The lowest BCUT2D eigenvalue weighted by molar-refractivity contribution is -0.164. The van der Waals surface area contributed by atoms with E-state index >= 15 is 0 Å². The van der Waals surface area contributed by atoms with Crippen LogP contribution in [-0.2, 0) is 28.6 Å². The summed E-state index contributed by atoms with van der Waals surface area (Å²) in [5, 5.41) is 0. The minimum absolute atomic E-state index is 0.00928. The quantitative estimate of drug-likeness (QED) is 0.345. The summed E-state index contributed by atoms with van der Waals surface area (Å²) < 4.78 is 15.8. The van der Waals surface area contributed by atoms with Gasteiger partial charge in [0.05, 0.1) is 17.3 Å². The first-order valence-corrected chi connectivity index (χ1v) is 8.20. The minimum Gasteiger partial charge on any atom is -0.465 e. The Labute approximate surface area is 144 Å². The third-order valence-electron chi connectivity index (χ3n) is 3.59. The predicted molar refractivity (Wildman–Crippen MR) is 90.1 cm³/mol. The van der Waals surface area contributed by atoms with Crippen molar-refractivity contribution in [2.45, 2.75) is 48.0 Å². The van der Waals surface area contributed by atoms with Crippen molar-refractivity contribution in [3.63, 3.8) is 0 Å². The normalized spacial score (nSPS) is 11.3. The summed E-state index contributed by atoms with van der Waals surface area (Å²) in [6, 6.07) is 0. The Morgan fingerprint density at radius 3 is 1.54 bits per heavy atom. The monoisotopic (exact) mass is 342 g/mol. The van der Waals surface area contributed by atoms with Crippen molar-refractivity contribution in [3.8, 4) is 0 Å². The Balaban J connectivity index is 5.04. The van der Waals surface area contributed by atoms with E-state index in [2.05, 4.69) is 6.58 Å². The van der Waals surface area contributed by atoms with Crippen molar-refractivity contribution >= 4 is 17.9 Å². The van der Waals surface area contributed by atoms with Crippen molar-refractivity contribution in [2.24, 2.45) is 17.3 Å². The zero-order chi connectivity index (χ0) is 18.9.